The van der Waals surface area contributed by atoms with Crippen molar-refractivity contribution in [3.05, 3.63) is 33.8 Å². The maximum atomic E-state index is 12.2. The van der Waals surface area contributed by atoms with Crippen LogP contribution in [0.1, 0.15) is 48.5 Å². The number of amides is 1. The number of carbonyl (C=O) groups is 1. The molecule has 0 spiro atoms. The fraction of sp³-hybridized carbons (Fsp3) is 0.533. The molecule has 0 heterocycles. The summed E-state index contributed by atoms with van der Waals surface area (Å²) < 4.78 is 0.954. The first-order valence-corrected chi connectivity index (χ1v) is 7.42. The van der Waals surface area contributed by atoms with Gasteiger partial charge in [-0.2, -0.15) is 0 Å². The lowest BCUT2D eigenvalue weighted by Gasteiger charge is -2.27. The lowest BCUT2D eigenvalue weighted by molar-refractivity contribution is 0.0922. The van der Waals surface area contributed by atoms with E-state index >= 15 is 0 Å². The van der Waals surface area contributed by atoms with Gasteiger partial charge in [0.2, 0.25) is 0 Å². The van der Waals surface area contributed by atoms with Crippen LogP contribution in [0.15, 0.2) is 22.7 Å². The largest absolute Gasteiger partial charge is 0.349 e. The van der Waals surface area contributed by atoms with Gasteiger partial charge in [0.25, 0.3) is 5.91 Å². The Balaban J connectivity index is 2.01. The van der Waals surface area contributed by atoms with Gasteiger partial charge in [-0.3, -0.25) is 4.79 Å². The SMILES string of the molecule is Cc1ccc(Br)cc1C(=O)NC1CCC(C)CC1. The second kappa shape index (κ2) is 5.87. The van der Waals surface area contributed by atoms with Crippen LogP contribution < -0.4 is 5.32 Å². The van der Waals surface area contributed by atoms with Gasteiger partial charge in [-0.25, -0.2) is 0 Å². The predicted octanol–water partition coefficient (Wildman–Crippen LogP) is 4.07. The molecule has 18 heavy (non-hydrogen) atoms. The molecule has 1 aromatic rings. The Morgan fingerprint density at radius 1 is 1.28 bits per heavy atom. The average molecular weight is 310 g/mol. The van der Waals surface area contributed by atoms with Crippen LogP contribution in [0.5, 0.6) is 0 Å². The quantitative estimate of drug-likeness (QED) is 0.876. The molecule has 1 aromatic carbocycles. The molecule has 0 bridgehead atoms. The first kappa shape index (κ1) is 13.6. The van der Waals surface area contributed by atoms with Gasteiger partial charge in [-0.15, -0.1) is 0 Å². The summed E-state index contributed by atoms with van der Waals surface area (Å²) in [6.07, 6.45) is 4.67. The van der Waals surface area contributed by atoms with Gasteiger partial charge >= 0.3 is 0 Å². The van der Waals surface area contributed by atoms with E-state index in [4.69, 9.17) is 0 Å². The maximum absolute atomic E-state index is 12.2. The van der Waals surface area contributed by atoms with Gasteiger partial charge in [-0.1, -0.05) is 28.9 Å². The monoisotopic (exact) mass is 309 g/mol. The number of carbonyl (C=O) groups excluding carboxylic acids is 1. The van der Waals surface area contributed by atoms with Gasteiger partial charge in [-0.05, 0) is 56.2 Å². The number of rotatable bonds is 2. The lowest BCUT2D eigenvalue weighted by atomic mass is 9.87. The zero-order chi connectivity index (χ0) is 13.1. The van der Waals surface area contributed by atoms with Crippen molar-refractivity contribution >= 4 is 21.8 Å². The molecule has 1 fully saturated rings. The summed E-state index contributed by atoms with van der Waals surface area (Å²) in [5, 5.41) is 3.16. The van der Waals surface area contributed by atoms with E-state index in [0.717, 1.165) is 34.4 Å². The van der Waals surface area contributed by atoms with Gasteiger partial charge in [0.1, 0.15) is 0 Å². The molecule has 2 rings (SSSR count). The third-order valence-electron chi connectivity index (χ3n) is 3.80. The molecule has 1 aliphatic carbocycles. The van der Waals surface area contributed by atoms with Crippen molar-refractivity contribution in [2.75, 3.05) is 0 Å². The van der Waals surface area contributed by atoms with E-state index in [1.165, 1.54) is 12.8 Å². The molecular weight excluding hydrogens is 290 g/mol. The zero-order valence-corrected chi connectivity index (χ0v) is 12.6. The van der Waals surface area contributed by atoms with Crippen LogP contribution in [0, 0.1) is 12.8 Å². The minimum absolute atomic E-state index is 0.0633. The first-order valence-electron chi connectivity index (χ1n) is 6.63. The fourth-order valence-corrected chi connectivity index (χ4v) is 2.87. The summed E-state index contributed by atoms with van der Waals surface area (Å²) in [5.74, 6) is 0.874. The predicted molar refractivity (Wildman–Crippen MR) is 77.8 cm³/mol. The van der Waals surface area contributed by atoms with E-state index < -0.39 is 0 Å². The number of benzene rings is 1. The van der Waals surface area contributed by atoms with Gasteiger partial charge < -0.3 is 5.32 Å². The van der Waals surface area contributed by atoms with Crippen LogP contribution >= 0.6 is 15.9 Å². The van der Waals surface area contributed by atoms with Crippen molar-refractivity contribution in [3.63, 3.8) is 0 Å². The van der Waals surface area contributed by atoms with Crippen molar-refractivity contribution in [1.82, 2.24) is 5.32 Å². The molecule has 1 saturated carbocycles. The molecule has 0 radical (unpaired) electrons. The van der Waals surface area contributed by atoms with Crippen molar-refractivity contribution < 1.29 is 4.79 Å². The maximum Gasteiger partial charge on any atom is 0.251 e. The normalized spacial score (nSPS) is 23.7. The summed E-state index contributed by atoms with van der Waals surface area (Å²) in [6, 6.07) is 6.19. The minimum atomic E-state index is 0.0633. The Morgan fingerprint density at radius 3 is 2.61 bits per heavy atom. The zero-order valence-electron chi connectivity index (χ0n) is 11.0. The summed E-state index contributed by atoms with van der Waals surface area (Å²) in [6.45, 7) is 4.26. The van der Waals surface area contributed by atoms with Crippen molar-refractivity contribution in [2.24, 2.45) is 5.92 Å². The molecular formula is C15H20BrNO. The van der Waals surface area contributed by atoms with Gasteiger partial charge in [0, 0.05) is 16.1 Å². The Hall–Kier alpha value is -0.830. The first-order chi connectivity index (χ1) is 8.56. The molecule has 1 amide bonds. The van der Waals surface area contributed by atoms with Crippen LogP contribution in [0.2, 0.25) is 0 Å². The Morgan fingerprint density at radius 2 is 1.94 bits per heavy atom. The summed E-state index contributed by atoms with van der Waals surface area (Å²) in [4.78, 5) is 12.2. The number of hydrogen-bond acceptors (Lipinski definition) is 1. The number of halogens is 1. The average Bonchev–Trinajstić information content (AvgIpc) is 2.35. The molecule has 0 saturated heterocycles. The second-order valence-electron chi connectivity index (χ2n) is 5.39. The van der Waals surface area contributed by atoms with E-state index in [1.54, 1.807) is 0 Å². The molecule has 1 N–H and O–H groups in total. The Labute approximate surface area is 117 Å². The Kier molecular flexibility index (Phi) is 4.44. The highest BCUT2D eigenvalue weighted by atomic mass is 79.9. The number of hydrogen-bond donors (Lipinski definition) is 1. The minimum Gasteiger partial charge on any atom is -0.349 e. The summed E-state index contributed by atoms with van der Waals surface area (Å²) in [7, 11) is 0. The Bertz CT molecular complexity index is 436. The van der Waals surface area contributed by atoms with E-state index in [2.05, 4.69) is 28.2 Å². The van der Waals surface area contributed by atoms with Crippen molar-refractivity contribution in [2.45, 2.75) is 45.6 Å². The standard InChI is InChI=1S/C15H20BrNO/c1-10-3-7-13(8-4-10)17-15(18)14-9-12(16)6-5-11(14)2/h5-6,9-10,13H,3-4,7-8H2,1-2H3,(H,17,18). The van der Waals surface area contributed by atoms with Crippen molar-refractivity contribution in [3.8, 4) is 0 Å². The van der Waals surface area contributed by atoms with Crippen LogP contribution in [-0.4, -0.2) is 11.9 Å². The molecule has 0 atom stereocenters. The second-order valence-corrected chi connectivity index (χ2v) is 6.31. The highest BCUT2D eigenvalue weighted by Crippen LogP contribution is 2.24. The lowest BCUT2D eigenvalue weighted by Crippen LogP contribution is -2.37. The van der Waals surface area contributed by atoms with E-state index in [0.29, 0.717) is 6.04 Å². The molecule has 2 nitrogen and oxygen atoms in total. The van der Waals surface area contributed by atoms with E-state index in [9.17, 15) is 4.79 Å². The molecule has 0 aromatic heterocycles. The third-order valence-corrected chi connectivity index (χ3v) is 4.29. The number of aryl methyl sites for hydroxylation is 1. The topological polar surface area (TPSA) is 29.1 Å². The summed E-state index contributed by atoms with van der Waals surface area (Å²) in [5.41, 5.74) is 1.81. The van der Waals surface area contributed by atoms with Crippen LogP contribution in [0.25, 0.3) is 0 Å². The molecule has 3 heteroatoms. The van der Waals surface area contributed by atoms with E-state index in [-0.39, 0.29) is 5.91 Å². The van der Waals surface area contributed by atoms with Crippen LogP contribution in [0.3, 0.4) is 0 Å². The molecule has 98 valence electrons. The smallest absolute Gasteiger partial charge is 0.251 e. The van der Waals surface area contributed by atoms with E-state index in [1.807, 2.05) is 25.1 Å². The molecule has 1 aliphatic rings. The third kappa shape index (κ3) is 3.35. The van der Waals surface area contributed by atoms with Gasteiger partial charge in [0.15, 0.2) is 0 Å². The van der Waals surface area contributed by atoms with Crippen LogP contribution in [0.4, 0.5) is 0 Å². The van der Waals surface area contributed by atoms with Gasteiger partial charge in [0.05, 0.1) is 0 Å². The highest BCUT2D eigenvalue weighted by molar-refractivity contribution is 9.10. The highest BCUT2D eigenvalue weighted by Gasteiger charge is 2.20. The summed E-state index contributed by atoms with van der Waals surface area (Å²) >= 11 is 3.42. The fourth-order valence-electron chi connectivity index (χ4n) is 2.51. The number of nitrogens with one attached hydrogen (secondary N) is 1. The van der Waals surface area contributed by atoms with Crippen molar-refractivity contribution in [1.29, 1.82) is 0 Å². The van der Waals surface area contributed by atoms with Crippen LogP contribution in [-0.2, 0) is 0 Å². The molecule has 0 unspecified atom stereocenters. The molecule has 0 aliphatic heterocycles.